The molecule has 0 bridgehead atoms. The number of aromatic nitrogens is 2. The second-order valence-corrected chi connectivity index (χ2v) is 6.93. The summed E-state index contributed by atoms with van der Waals surface area (Å²) in [5.41, 5.74) is 1.95. The van der Waals surface area contributed by atoms with E-state index in [4.69, 9.17) is 11.6 Å². The van der Waals surface area contributed by atoms with Crippen LogP contribution in [0.3, 0.4) is 0 Å². The number of carbonyl (C=O) groups is 1. The lowest BCUT2D eigenvalue weighted by atomic mass is 9.95. The van der Waals surface area contributed by atoms with E-state index in [1.165, 1.54) is 0 Å². The van der Waals surface area contributed by atoms with Gasteiger partial charge in [0.05, 0.1) is 16.4 Å². The molecule has 0 saturated heterocycles. The van der Waals surface area contributed by atoms with E-state index >= 15 is 0 Å². The van der Waals surface area contributed by atoms with Gasteiger partial charge in [-0.25, -0.2) is 17.9 Å². The highest BCUT2D eigenvalue weighted by Crippen LogP contribution is 2.30. The number of rotatable bonds is 3. The summed E-state index contributed by atoms with van der Waals surface area (Å²) in [5, 5.41) is 7.20. The maximum atomic E-state index is 13.9. The summed E-state index contributed by atoms with van der Waals surface area (Å²) in [6.45, 7) is 0. The van der Waals surface area contributed by atoms with Gasteiger partial charge in [0.1, 0.15) is 0 Å². The highest BCUT2D eigenvalue weighted by molar-refractivity contribution is 6.32. The summed E-state index contributed by atoms with van der Waals surface area (Å²) in [4.78, 5) is 12.8. The molecule has 1 amide bonds. The molecular formula is C20H15ClF3N3O. The Bertz CT molecular complexity index is 1080. The Morgan fingerprint density at radius 1 is 1.04 bits per heavy atom. The number of halogens is 4. The number of anilines is 1. The molecule has 0 radical (unpaired) electrons. The minimum Gasteiger partial charge on any atom is -0.318 e. The standard InChI is InChI=1S/C20H15ClF3N3O/c21-12-6-2-4-8-16(12)27-15-7-3-1-5-11(15)19(26-27)20(28)25-14-10-9-13(22)17(23)18(14)24/h2,4,6,8-10H,1,3,5,7H2,(H,25,28). The number of benzene rings is 2. The van der Waals surface area contributed by atoms with Crippen LogP contribution in [0.15, 0.2) is 36.4 Å². The maximum absolute atomic E-state index is 13.9. The number of hydrogen-bond acceptors (Lipinski definition) is 2. The van der Waals surface area contributed by atoms with Gasteiger partial charge in [0, 0.05) is 11.3 Å². The van der Waals surface area contributed by atoms with Crippen LogP contribution in [0.2, 0.25) is 5.02 Å². The molecule has 3 aromatic rings. The third-order valence-corrected chi connectivity index (χ3v) is 5.08. The summed E-state index contributed by atoms with van der Waals surface area (Å²) in [6, 6.07) is 8.86. The summed E-state index contributed by atoms with van der Waals surface area (Å²) in [7, 11) is 0. The minimum absolute atomic E-state index is 0.124. The van der Waals surface area contributed by atoms with E-state index in [1.54, 1.807) is 22.9 Å². The molecule has 0 aliphatic heterocycles. The number of nitrogens with zero attached hydrogens (tertiary/aromatic N) is 2. The van der Waals surface area contributed by atoms with Crippen molar-refractivity contribution in [1.82, 2.24) is 9.78 Å². The normalized spacial score (nSPS) is 13.3. The highest BCUT2D eigenvalue weighted by atomic mass is 35.5. The number of hydrogen-bond donors (Lipinski definition) is 1. The molecule has 1 aliphatic carbocycles. The van der Waals surface area contributed by atoms with Gasteiger partial charge in [-0.3, -0.25) is 4.79 Å². The highest BCUT2D eigenvalue weighted by Gasteiger charge is 2.27. The Hall–Kier alpha value is -2.80. The zero-order chi connectivity index (χ0) is 19.8. The molecule has 1 aliphatic rings. The van der Waals surface area contributed by atoms with Crippen LogP contribution in [0, 0.1) is 17.5 Å². The molecule has 4 nitrogen and oxygen atoms in total. The first-order valence-corrected chi connectivity index (χ1v) is 9.15. The van der Waals surface area contributed by atoms with Crippen LogP contribution in [0.5, 0.6) is 0 Å². The first-order valence-electron chi connectivity index (χ1n) is 8.78. The van der Waals surface area contributed by atoms with Gasteiger partial charge in [0.15, 0.2) is 23.1 Å². The smallest absolute Gasteiger partial charge is 0.276 e. The number of nitrogens with one attached hydrogen (secondary N) is 1. The van der Waals surface area contributed by atoms with Gasteiger partial charge < -0.3 is 5.32 Å². The molecule has 2 aromatic carbocycles. The fourth-order valence-electron chi connectivity index (χ4n) is 3.41. The van der Waals surface area contributed by atoms with Crippen molar-refractivity contribution >= 4 is 23.2 Å². The Kier molecular flexibility index (Phi) is 4.85. The Labute approximate surface area is 163 Å². The van der Waals surface area contributed by atoms with Gasteiger partial charge >= 0.3 is 0 Å². The lowest BCUT2D eigenvalue weighted by Gasteiger charge is -2.14. The molecule has 1 aromatic heterocycles. The average Bonchev–Trinajstić information content (AvgIpc) is 3.08. The number of para-hydroxylation sites is 1. The van der Waals surface area contributed by atoms with E-state index in [0.717, 1.165) is 42.7 Å². The molecule has 0 spiro atoms. The van der Waals surface area contributed by atoms with E-state index in [0.29, 0.717) is 17.1 Å². The first-order chi connectivity index (χ1) is 13.5. The summed E-state index contributed by atoms with van der Waals surface area (Å²) in [5.74, 6) is -5.10. The number of amides is 1. The van der Waals surface area contributed by atoms with E-state index in [2.05, 4.69) is 10.4 Å². The summed E-state index contributed by atoms with van der Waals surface area (Å²) in [6.07, 6.45) is 3.20. The van der Waals surface area contributed by atoms with Crippen molar-refractivity contribution < 1.29 is 18.0 Å². The van der Waals surface area contributed by atoms with Crippen molar-refractivity contribution in [2.24, 2.45) is 0 Å². The van der Waals surface area contributed by atoms with Crippen molar-refractivity contribution in [2.75, 3.05) is 5.32 Å². The summed E-state index contributed by atoms with van der Waals surface area (Å²) < 4.78 is 42.1. The topological polar surface area (TPSA) is 46.9 Å². The minimum atomic E-state index is -1.64. The second-order valence-electron chi connectivity index (χ2n) is 6.52. The maximum Gasteiger partial charge on any atom is 0.276 e. The molecular weight excluding hydrogens is 391 g/mol. The molecule has 0 atom stereocenters. The molecule has 0 unspecified atom stereocenters. The van der Waals surface area contributed by atoms with Crippen molar-refractivity contribution in [3.05, 3.63) is 75.8 Å². The molecule has 4 rings (SSSR count). The largest absolute Gasteiger partial charge is 0.318 e. The van der Waals surface area contributed by atoms with Crippen LogP contribution in [0.25, 0.3) is 5.69 Å². The van der Waals surface area contributed by atoms with Crippen LogP contribution < -0.4 is 5.32 Å². The van der Waals surface area contributed by atoms with Gasteiger partial charge in [-0.15, -0.1) is 0 Å². The van der Waals surface area contributed by atoms with E-state index in [9.17, 15) is 18.0 Å². The Morgan fingerprint density at radius 2 is 1.79 bits per heavy atom. The molecule has 1 N–H and O–H groups in total. The monoisotopic (exact) mass is 405 g/mol. The fourth-order valence-corrected chi connectivity index (χ4v) is 3.62. The van der Waals surface area contributed by atoms with Gasteiger partial charge in [0.25, 0.3) is 5.91 Å². The van der Waals surface area contributed by atoms with E-state index in [-0.39, 0.29) is 5.69 Å². The van der Waals surface area contributed by atoms with Gasteiger partial charge in [-0.2, -0.15) is 5.10 Å². The van der Waals surface area contributed by atoms with Crippen LogP contribution in [-0.2, 0) is 12.8 Å². The molecule has 1 heterocycles. The van der Waals surface area contributed by atoms with Crippen LogP contribution in [0.4, 0.5) is 18.9 Å². The van der Waals surface area contributed by atoms with Crippen LogP contribution >= 0.6 is 11.6 Å². The van der Waals surface area contributed by atoms with E-state index in [1.807, 2.05) is 6.07 Å². The van der Waals surface area contributed by atoms with Gasteiger partial charge in [0.2, 0.25) is 0 Å². The van der Waals surface area contributed by atoms with E-state index < -0.39 is 29.0 Å². The summed E-state index contributed by atoms with van der Waals surface area (Å²) >= 11 is 6.28. The lowest BCUT2D eigenvalue weighted by molar-refractivity contribution is 0.102. The van der Waals surface area contributed by atoms with Gasteiger partial charge in [-0.05, 0) is 49.9 Å². The van der Waals surface area contributed by atoms with Crippen LogP contribution in [-0.4, -0.2) is 15.7 Å². The number of fused-ring (bicyclic) bond motifs is 1. The Balaban J connectivity index is 1.75. The SMILES string of the molecule is O=C(Nc1ccc(F)c(F)c1F)c1nn(-c2ccccc2Cl)c2c1CCCC2. The third kappa shape index (κ3) is 3.16. The third-order valence-electron chi connectivity index (χ3n) is 4.76. The average molecular weight is 406 g/mol. The zero-order valence-corrected chi connectivity index (χ0v) is 15.4. The quantitative estimate of drug-likeness (QED) is 0.618. The second kappa shape index (κ2) is 7.31. The zero-order valence-electron chi connectivity index (χ0n) is 14.6. The van der Waals surface area contributed by atoms with Crippen molar-refractivity contribution in [1.29, 1.82) is 0 Å². The van der Waals surface area contributed by atoms with Crippen LogP contribution in [0.1, 0.15) is 34.6 Å². The molecule has 0 saturated carbocycles. The molecule has 144 valence electrons. The molecule has 28 heavy (non-hydrogen) atoms. The predicted octanol–water partition coefficient (Wildman–Crippen LogP) is 5.07. The fraction of sp³-hybridized carbons (Fsp3) is 0.200. The Morgan fingerprint density at radius 3 is 2.57 bits per heavy atom. The lowest BCUT2D eigenvalue weighted by Crippen LogP contribution is -2.17. The number of carbonyl (C=O) groups excluding carboxylic acids is 1. The molecule has 0 fully saturated rings. The first kappa shape index (κ1) is 18.6. The van der Waals surface area contributed by atoms with Gasteiger partial charge in [-0.1, -0.05) is 23.7 Å². The van der Waals surface area contributed by atoms with Crippen molar-refractivity contribution in [3.63, 3.8) is 0 Å². The molecule has 8 heteroatoms. The van der Waals surface area contributed by atoms with Crippen molar-refractivity contribution in [2.45, 2.75) is 25.7 Å². The van der Waals surface area contributed by atoms with Crippen molar-refractivity contribution in [3.8, 4) is 5.69 Å². The predicted molar refractivity (Wildman–Crippen MR) is 99.5 cm³/mol.